The fraction of sp³-hybridized carbons (Fsp3) is 0.0800. The van der Waals surface area contributed by atoms with Crippen LogP contribution in [0.15, 0.2) is 81.5 Å². The highest BCUT2D eigenvalue weighted by Crippen LogP contribution is 2.43. The van der Waals surface area contributed by atoms with E-state index >= 15 is 0 Å². The molecule has 6 nitrogen and oxygen atoms in total. The van der Waals surface area contributed by atoms with E-state index in [2.05, 4.69) is 11.1 Å². The number of halogens is 1. The Kier molecular flexibility index (Phi) is 4.69. The van der Waals surface area contributed by atoms with E-state index in [0.717, 1.165) is 22.3 Å². The van der Waals surface area contributed by atoms with Gasteiger partial charge in [0.15, 0.2) is 5.75 Å². The van der Waals surface area contributed by atoms with Crippen molar-refractivity contribution < 1.29 is 9.15 Å². The number of nitriles is 1. The highest BCUT2D eigenvalue weighted by molar-refractivity contribution is 6.30. The minimum atomic E-state index is -0.705. The molecule has 3 heterocycles. The zero-order valence-corrected chi connectivity index (χ0v) is 17.7. The molecular formula is C25H16ClN3O3. The summed E-state index contributed by atoms with van der Waals surface area (Å²) in [6, 6.07) is 18.6. The van der Waals surface area contributed by atoms with E-state index in [9.17, 15) is 10.1 Å². The lowest BCUT2D eigenvalue weighted by molar-refractivity contribution is 0.388. The highest BCUT2D eigenvalue weighted by Gasteiger charge is 2.35. The molecule has 2 N–H and O–H groups in total. The second-order valence-electron chi connectivity index (χ2n) is 7.51. The smallest absolute Gasteiger partial charge is 0.344 e. The van der Waals surface area contributed by atoms with Gasteiger partial charge in [-0.15, -0.1) is 0 Å². The van der Waals surface area contributed by atoms with Crippen molar-refractivity contribution in [2.75, 3.05) is 0 Å². The molecule has 4 aromatic rings. The molecule has 0 saturated heterocycles. The molecule has 1 unspecified atom stereocenters. The molecule has 32 heavy (non-hydrogen) atoms. The number of aryl methyl sites for hydroxylation is 1. The van der Waals surface area contributed by atoms with Crippen LogP contribution in [0.1, 0.15) is 22.6 Å². The number of benzene rings is 2. The lowest BCUT2D eigenvalue weighted by Crippen LogP contribution is -2.26. The summed E-state index contributed by atoms with van der Waals surface area (Å²) >= 11 is 6.04. The largest absolute Gasteiger partial charge is 0.439 e. The minimum Gasteiger partial charge on any atom is -0.439 e. The standard InChI is InChI=1S/C25H16ClN3O3/c1-13-10-16(12-29-23(13)26)14-6-8-15(9-7-14)20-18(11-27)24(28)32-22-17-4-2-3-5-19(17)31-25(30)21(20)22/h2-10,12,20H,28H2,1H3. The summed E-state index contributed by atoms with van der Waals surface area (Å²) in [7, 11) is 0. The third-order valence-corrected chi connectivity index (χ3v) is 5.96. The molecule has 5 rings (SSSR count). The number of aromatic nitrogens is 1. The van der Waals surface area contributed by atoms with E-state index in [-0.39, 0.29) is 17.0 Å². The fourth-order valence-corrected chi connectivity index (χ4v) is 4.09. The van der Waals surface area contributed by atoms with Crippen molar-refractivity contribution in [1.82, 2.24) is 4.98 Å². The first kappa shape index (κ1) is 19.9. The van der Waals surface area contributed by atoms with Gasteiger partial charge in [0.05, 0.1) is 16.9 Å². The maximum absolute atomic E-state index is 12.9. The fourth-order valence-electron chi connectivity index (χ4n) is 3.98. The zero-order valence-electron chi connectivity index (χ0n) is 16.9. The molecule has 7 heteroatoms. The molecule has 1 aliphatic rings. The third-order valence-electron chi connectivity index (χ3n) is 5.57. The zero-order chi connectivity index (χ0) is 22.4. The lowest BCUT2D eigenvalue weighted by Gasteiger charge is -2.26. The number of hydrogen-bond acceptors (Lipinski definition) is 6. The molecule has 0 bridgehead atoms. The van der Waals surface area contributed by atoms with Crippen LogP contribution in [-0.2, 0) is 0 Å². The predicted molar refractivity (Wildman–Crippen MR) is 121 cm³/mol. The maximum Gasteiger partial charge on any atom is 0.344 e. The summed E-state index contributed by atoms with van der Waals surface area (Å²) in [6.45, 7) is 1.89. The molecule has 0 spiro atoms. The number of pyridine rings is 1. The van der Waals surface area contributed by atoms with Gasteiger partial charge in [0.2, 0.25) is 5.88 Å². The van der Waals surface area contributed by atoms with Crippen molar-refractivity contribution in [2.45, 2.75) is 12.8 Å². The van der Waals surface area contributed by atoms with Gasteiger partial charge in [0.1, 0.15) is 22.4 Å². The average Bonchev–Trinajstić information content (AvgIpc) is 2.80. The quantitative estimate of drug-likeness (QED) is 0.345. The highest BCUT2D eigenvalue weighted by atomic mass is 35.5. The third kappa shape index (κ3) is 3.11. The van der Waals surface area contributed by atoms with Crippen molar-refractivity contribution in [3.8, 4) is 22.9 Å². The van der Waals surface area contributed by atoms with Crippen LogP contribution in [0, 0.1) is 18.3 Å². The Bertz CT molecular complexity index is 1510. The molecule has 0 amide bonds. The van der Waals surface area contributed by atoms with Crippen LogP contribution in [-0.4, -0.2) is 4.98 Å². The van der Waals surface area contributed by atoms with E-state index in [0.29, 0.717) is 21.9 Å². The molecule has 0 fully saturated rings. The number of para-hydroxylation sites is 1. The molecule has 0 radical (unpaired) electrons. The Labute approximate surface area is 188 Å². The number of nitrogens with two attached hydrogens (primary N) is 1. The van der Waals surface area contributed by atoms with Gasteiger partial charge in [-0.25, -0.2) is 9.78 Å². The second kappa shape index (κ2) is 7.56. The van der Waals surface area contributed by atoms with Crippen LogP contribution in [0.4, 0.5) is 0 Å². The summed E-state index contributed by atoms with van der Waals surface area (Å²) in [5, 5.41) is 10.9. The summed E-state index contributed by atoms with van der Waals surface area (Å²) in [5.41, 5.74) is 9.78. The van der Waals surface area contributed by atoms with Gasteiger partial charge in [-0.05, 0) is 41.8 Å². The van der Waals surface area contributed by atoms with Crippen LogP contribution in [0.5, 0.6) is 5.75 Å². The van der Waals surface area contributed by atoms with E-state index < -0.39 is 11.5 Å². The number of fused-ring (bicyclic) bond motifs is 3. The monoisotopic (exact) mass is 441 g/mol. The van der Waals surface area contributed by atoms with E-state index in [1.807, 2.05) is 43.3 Å². The van der Waals surface area contributed by atoms with Gasteiger partial charge in [-0.2, -0.15) is 5.26 Å². The first-order valence-electron chi connectivity index (χ1n) is 9.83. The number of rotatable bonds is 2. The first-order chi connectivity index (χ1) is 15.5. The Balaban J connectivity index is 1.67. The average molecular weight is 442 g/mol. The van der Waals surface area contributed by atoms with Gasteiger partial charge in [-0.3, -0.25) is 0 Å². The van der Waals surface area contributed by atoms with Gasteiger partial charge in [-0.1, -0.05) is 48.0 Å². The van der Waals surface area contributed by atoms with Crippen molar-refractivity contribution in [2.24, 2.45) is 5.73 Å². The van der Waals surface area contributed by atoms with Crippen molar-refractivity contribution in [3.63, 3.8) is 0 Å². The van der Waals surface area contributed by atoms with Crippen LogP contribution in [0.2, 0.25) is 5.15 Å². The number of allylic oxidation sites excluding steroid dienone is 1. The van der Waals surface area contributed by atoms with Crippen LogP contribution in [0.3, 0.4) is 0 Å². The number of nitrogens with zero attached hydrogens (tertiary/aromatic N) is 2. The topological polar surface area (TPSA) is 102 Å². The number of ether oxygens (including phenoxy) is 1. The van der Waals surface area contributed by atoms with E-state index in [1.54, 1.807) is 24.4 Å². The molecule has 156 valence electrons. The van der Waals surface area contributed by atoms with Crippen molar-refractivity contribution >= 4 is 22.6 Å². The van der Waals surface area contributed by atoms with Crippen molar-refractivity contribution in [3.05, 3.63) is 105 Å². The molecule has 0 saturated carbocycles. The van der Waals surface area contributed by atoms with Crippen molar-refractivity contribution in [1.29, 1.82) is 5.26 Å². The van der Waals surface area contributed by atoms with Gasteiger partial charge < -0.3 is 14.9 Å². The summed E-state index contributed by atoms with van der Waals surface area (Å²) in [6.07, 6.45) is 1.70. The molecule has 2 aromatic heterocycles. The number of hydrogen-bond donors (Lipinski definition) is 1. The second-order valence-corrected chi connectivity index (χ2v) is 7.87. The van der Waals surface area contributed by atoms with E-state index in [4.69, 9.17) is 26.5 Å². The SMILES string of the molecule is Cc1cc(-c2ccc(C3C(C#N)=C(N)Oc4c3c(=O)oc3ccccc43)cc2)cnc1Cl. The van der Waals surface area contributed by atoms with Crippen LogP contribution >= 0.6 is 11.6 Å². The van der Waals surface area contributed by atoms with Crippen LogP contribution in [0.25, 0.3) is 22.1 Å². The molecule has 1 aliphatic heterocycles. The molecular weight excluding hydrogens is 426 g/mol. The van der Waals surface area contributed by atoms with Gasteiger partial charge >= 0.3 is 5.63 Å². The summed E-state index contributed by atoms with van der Waals surface area (Å²) in [5.74, 6) is -0.411. The molecule has 2 aromatic carbocycles. The minimum absolute atomic E-state index is 0.0256. The predicted octanol–water partition coefficient (Wildman–Crippen LogP) is 5.04. The summed E-state index contributed by atoms with van der Waals surface area (Å²) in [4.78, 5) is 17.1. The molecule has 0 aliphatic carbocycles. The summed E-state index contributed by atoms with van der Waals surface area (Å²) < 4.78 is 11.3. The maximum atomic E-state index is 12.9. The Hall–Kier alpha value is -4.08. The van der Waals surface area contributed by atoms with Gasteiger partial charge in [0, 0.05) is 11.8 Å². The van der Waals surface area contributed by atoms with Crippen LogP contribution < -0.4 is 16.1 Å². The normalized spacial score (nSPS) is 15.2. The lowest BCUT2D eigenvalue weighted by atomic mass is 9.83. The Morgan fingerprint density at radius 3 is 2.59 bits per heavy atom. The molecule has 1 atom stereocenters. The van der Waals surface area contributed by atoms with E-state index in [1.165, 1.54) is 0 Å². The Morgan fingerprint density at radius 2 is 1.88 bits per heavy atom. The Morgan fingerprint density at radius 1 is 1.12 bits per heavy atom. The van der Waals surface area contributed by atoms with Gasteiger partial charge in [0.25, 0.3) is 0 Å². The first-order valence-corrected chi connectivity index (χ1v) is 10.2.